The van der Waals surface area contributed by atoms with Gasteiger partial charge in [-0.3, -0.25) is 0 Å². The molecule has 0 atom stereocenters. The summed E-state index contributed by atoms with van der Waals surface area (Å²) in [5, 5.41) is 0.225. The first kappa shape index (κ1) is 15.3. The van der Waals surface area contributed by atoms with Crippen molar-refractivity contribution < 1.29 is 13.9 Å². The Labute approximate surface area is 127 Å². The number of anilines is 1. The molecule has 2 N–H and O–H groups in total. The summed E-state index contributed by atoms with van der Waals surface area (Å²) < 4.78 is 18.1. The molecule has 0 aliphatic heterocycles. The van der Waals surface area contributed by atoms with Crippen molar-refractivity contribution in [2.45, 2.75) is 20.5 Å². The Balaban J connectivity index is 2.13. The van der Waals surface area contributed by atoms with Gasteiger partial charge >= 0.3 is 5.97 Å². The molecule has 0 unspecified atom stereocenters. The molecule has 110 valence electrons. The first-order valence-corrected chi connectivity index (χ1v) is 6.74. The molecule has 0 aliphatic rings. The lowest BCUT2D eigenvalue weighted by molar-refractivity contribution is 0.0472. The second kappa shape index (κ2) is 6.14. The molecule has 0 aliphatic carbocycles. The van der Waals surface area contributed by atoms with Crippen LogP contribution >= 0.6 is 11.6 Å². The van der Waals surface area contributed by atoms with Crippen LogP contribution in [0.4, 0.5) is 10.1 Å². The predicted molar refractivity (Wildman–Crippen MR) is 80.9 cm³/mol. The molecule has 2 aromatic rings. The highest BCUT2D eigenvalue weighted by Crippen LogP contribution is 2.21. The highest BCUT2D eigenvalue weighted by molar-refractivity contribution is 6.31. The number of hydrogen-bond donors (Lipinski definition) is 1. The van der Waals surface area contributed by atoms with Gasteiger partial charge in [0, 0.05) is 11.3 Å². The fourth-order valence-electron chi connectivity index (χ4n) is 1.95. The lowest BCUT2D eigenvalue weighted by Crippen LogP contribution is -2.09. The number of nitrogens with two attached hydrogens (primary N) is 1. The Morgan fingerprint density at radius 2 is 1.95 bits per heavy atom. The zero-order valence-electron chi connectivity index (χ0n) is 11.7. The normalized spacial score (nSPS) is 10.5. The van der Waals surface area contributed by atoms with Gasteiger partial charge in [-0.25, -0.2) is 9.18 Å². The molecule has 0 saturated heterocycles. The second-order valence-electron chi connectivity index (χ2n) is 4.84. The van der Waals surface area contributed by atoms with Gasteiger partial charge in [-0.05, 0) is 43.2 Å². The standard InChI is InChI=1S/C16H15ClFNO2/c1-9-5-10(2)15(19)7-13(9)16(20)21-8-11-3-4-12(18)6-14(11)17/h3-7H,8,19H2,1-2H3. The van der Waals surface area contributed by atoms with Gasteiger partial charge in [-0.15, -0.1) is 0 Å². The summed E-state index contributed by atoms with van der Waals surface area (Å²) in [6.45, 7) is 3.66. The van der Waals surface area contributed by atoms with Crippen molar-refractivity contribution in [3.05, 3.63) is 63.4 Å². The van der Waals surface area contributed by atoms with Crippen LogP contribution in [0, 0.1) is 19.7 Å². The quantitative estimate of drug-likeness (QED) is 0.688. The molecule has 0 bridgehead atoms. The van der Waals surface area contributed by atoms with Crippen LogP contribution < -0.4 is 5.73 Å². The van der Waals surface area contributed by atoms with E-state index >= 15 is 0 Å². The molecule has 0 aromatic heterocycles. The van der Waals surface area contributed by atoms with Crippen molar-refractivity contribution >= 4 is 23.3 Å². The molecule has 0 spiro atoms. The lowest BCUT2D eigenvalue weighted by atomic mass is 10.0. The lowest BCUT2D eigenvalue weighted by Gasteiger charge is -2.10. The summed E-state index contributed by atoms with van der Waals surface area (Å²) >= 11 is 5.88. The van der Waals surface area contributed by atoms with Gasteiger partial charge < -0.3 is 10.5 Å². The summed E-state index contributed by atoms with van der Waals surface area (Å²) in [5.74, 6) is -0.920. The maximum Gasteiger partial charge on any atom is 0.338 e. The molecule has 2 aromatic carbocycles. The minimum Gasteiger partial charge on any atom is -0.457 e. The fourth-order valence-corrected chi connectivity index (χ4v) is 2.17. The SMILES string of the molecule is Cc1cc(C)c(C(=O)OCc2ccc(F)cc2Cl)cc1N. The van der Waals surface area contributed by atoms with Crippen molar-refractivity contribution in [1.82, 2.24) is 0 Å². The first-order valence-electron chi connectivity index (χ1n) is 6.36. The Bertz CT molecular complexity index is 701. The molecule has 0 fully saturated rings. The van der Waals surface area contributed by atoms with Crippen LogP contribution in [0.5, 0.6) is 0 Å². The summed E-state index contributed by atoms with van der Waals surface area (Å²) in [6, 6.07) is 7.36. The molecule has 5 heteroatoms. The highest BCUT2D eigenvalue weighted by Gasteiger charge is 2.13. The Morgan fingerprint density at radius 3 is 2.62 bits per heavy atom. The van der Waals surface area contributed by atoms with Crippen molar-refractivity contribution in [3.63, 3.8) is 0 Å². The van der Waals surface area contributed by atoms with Crippen LogP contribution in [-0.4, -0.2) is 5.97 Å². The smallest absolute Gasteiger partial charge is 0.338 e. The molecule has 0 saturated carbocycles. The number of hydrogen-bond acceptors (Lipinski definition) is 3. The van der Waals surface area contributed by atoms with E-state index in [1.165, 1.54) is 18.2 Å². The third-order valence-electron chi connectivity index (χ3n) is 3.21. The maximum atomic E-state index is 12.9. The van der Waals surface area contributed by atoms with Gasteiger partial charge in [-0.2, -0.15) is 0 Å². The van der Waals surface area contributed by atoms with E-state index in [0.29, 0.717) is 16.8 Å². The van der Waals surface area contributed by atoms with Crippen LogP contribution in [0.15, 0.2) is 30.3 Å². The largest absolute Gasteiger partial charge is 0.457 e. The van der Waals surface area contributed by atoms with Gasteiger partial charge in [-0.1, -0.05) is 23.7 Å². The van der Waals surface area contributed by atoms with E-state index < -0.39 is 11.8 Å². The average molecular weight is 308 g/mol. The number of esters is 1. The molecule has 21 heavy (non-hydrogen) atoms. The second-order valence-corrected chi connectivity index (χ2v) is 5.24. The number of carbonyl (C=O) groups is 1. The van der Waals surface area contributed by atoms with Crippen LogP contribution in [0.3, 0.4) is 0 Å². The van der Waals surface area contributed by atoms with E-state index in [1.807, 2.05) is 19.9 Å². The summed E-state index contributed by atoms with van der Waals surface area (Å²) in [7, 11) is 0. The number of nitrogen functional groups attached to an aromatic ring is 1. The van der Waals surface area contributed by atoms with Gasteiger partial charge in [0.25, 0.3) is 0 Å². The van der Waals surface area contributed by atoms with Crippen molar-refractivity contribution in [2.24, 2.45) is 0 Å². The van der Waals surface area contributed by atoms with Crippen LogP contribution in [0.25, 0.3) is 0 Å². The third-order valence-corrected chi connectivity index (χ3v) is 3.56. The zero-order valence-corrected chi connectivity index (χ0v) is 12.5. The molecule has 0 heterocycles. The van der Waals surface area contributed by atoms with Crippen LogP contribution in [0.2, 0.25) is 5.02 Å². The number of carbonyl (C=O) groups excluding carboxylic acids is 1. The van der Waals surface area contributed by atoms with Gasteiger partial charge in [0.2, 0.25) is 0 Å². The molecule has 2 rings (SSSR count). The molecular formula is C16H15ClFNO2. The summed E-state index contributed by atoms with van der Waals surface area (Å²) in [5.41, 5.74) is 8.99. The van der Waals surface area contributed by atoms with E-state index in [2.05, 4.69) is 0 Å². The number of benzene rings is 2. The minimum atomic E-state index is -0.486. The van der Waals surface area contributed by atoms with Gasteiger partial charge in [0.05, 0.1) is 10.6 Å². The Morgan fingerprint density at radius 1 is 1.24 bits per heavy atom. The Hall–Kier alpha value is -2.07. The zero-order chi connectivity index (χ0) is 15.6. The Kier molecular flexibility index (Phi) is 4.48. The third kappa shape index (κ3) is 3.52. The number of rotatable bonds is 3. The number of halogens is 2. The van der Waals surface area contributed by atoms with E-state index in [1.54, 1.807) is 6.07 Å². The monoisotopic (exact) mass is 307 g/mol. The molecule has 0 radical (unpaired) electrons. The minimum absolute atomic E-state index is 0.0227. The maximum absolute atomic E-state index is 12.9. The highest BCUT2D eigenvalue weighted by atomic mass is 35.5. The fraction of sp³-hybridized carbons (Fsp3) is 0.188. The van der Waals surface area contributed by atoms with Crippen molar-refractivity contribution in [1.29, 1.82) is 0 Å². The van der Waals surface area contributed by atoms with Crippen molar-refractivity contribution in [2.75, 3.05) is 5.73 Å². The predicted octanol–water partition coefficient (Wildman–Crippen LogP) is 4.04. The van der Waals surface area contributed by atoms with Crippen LogP contribution in [-0.2, 0) is 11.3 Å². The van der Waals surface area contributed by atoms with E-state index in [-0.39, 0.29) is 11.6 Å². The summed E-state index contributed by atoms with van der Waals surface area (Å²) in [6.07, 6.45) is 0. The molecule has 0 amide bonds. The number of aryl methyl sites for hydroxylation is 2. The topological polar surface area (TPSA) is 52.3 Å². The summed E-state index contributed by atoms with van der Waals surface area (Å²) in [4.78, 5) is 12.1. The van der Waals surface area contributed by atoms with Gasteiger partial charge in [0.15, 0.2) is 0 Å². The first-order chi connectivity index (χ1) is 9.88. The van der Waals surface area contributed by atoms with E-state index in [0.717, 1.165) is 11.1 Å². The van der Waals surface area contributed by atoms with Crippen molar-refractivity contribution in [3.8, 4) is 0 Å². The van der Waals surface area contributed by atoms with E-state index in [9.17, 15) is 9.18 Å². The molecule has 3 nitrogen and oxygen atoms in total. The number of ether oxygens (including phenoxy) is 1. The average Bonchev–Trinajstić information content (AvgIpc) is 2.41. The van der Waals surface area contributed by atoms with Crippen LogP contribution in [0.1, 0.15) is 27.0 Å². The van der Waals surface area contributed by atoms with E-state index in [4.69, 9.17) is 22.1 Å². The van der Waals surface area contributed by atoms with Gasteiger partial charge in [0.1, 0.15) is 12.4 Å². The molecular weight excluding hydrogens is 293 g/mol.